The Bertz CT molecular complexity index is 425. The van der Waals surface area contributed by atoms with E-state index in [0.717, 1.165) is 0 Å². The second kappa shape index (κ2) is 6.49. The Morgan fingerprint density at radius 2 is 2.41 bits per heavy atom. The Morgan fingerprint density at radius 1 is 1.65 bits per heavy atom. The zero-order valence-electron chi connectivity index (χ0n) is 8.88. The van der Waals surface area contributed by atoms with Gasteiger partial charge in [0.25, 0.3) is 12.3 Å². The number of hydrogen-bond donors (Lipinski definition) is 1. The molecule has 0 bridgehead atoms. The molecule has 0 atom stereocenters. The highest BCUT2D eigenvalue weighted by molar-refractivity contribution is 5.92. The van der Waals surface area contributed by atoms with Gasteiger partial charge >= 0.3 is 0 Å². The quantitative estimate of drug-likeness (QED) is 0.351. The summed E-state index contributed by atoms with van der Waals surface area (Å²) in [6.07, 6.45) is -1.11. The highest BCUT2D eigenvalue weighted by Crippen LogP contribution is 2.06. The maximum Gasteiger partial charge on any atom is 0.267 e. The highest BCUT2D eigenvalue weighted by atomic mass is 19.3. The average Bonchev–Trinajstić information content (AvgIpc) is 2.71. The van der Waals surface area contributed by atoms with Gasteiger partial charge in [-0.3, -0.25) is 4.79 Å². The molecule has 0 saturated heterocycles. The topological polar surface area (TPSA) is 82.8 Å². The molecule has 1 aromatic rings. The lowest BCUT2D eigenvalue weighted by atomic mass is 10.4. The van der Waals surface area contributed by atoms with Crippen LogP contribution in [-0.2, 0) is 6.54 Å². The summed E-state index contributed by atoms with van der Waals surface area (Å²) < 4.78 is 25.5. The minimum Gasteiger partial charge on any atom is -0.351 e. The maximum absolute atomic E-state index is 12.2. The van der Waals surface area contributed by atoms with Gasteiger partial charge in [0.1, 0.15) is 5.69 Å². The van der Waals surface area contributed by atoms with Crippen LogP contribution < -0.4 is 5.32 Å². The van der Waals surface area contributed by atoms with Gasteiger partial charge in [0.2, 0.25) is 0 Å². The molecule has 0 aliphatic heterocycles. The van der Waals surface area contributed by atoms with Crippen molar-refractivity contribution in [3.05, 3.63) is 34.5 Å². The summed E-state index contributed by atoms with van der Waals surface area (Å²) in [6, 6.07) is 2.97. The lowest BCUT2D eigenvalue weighted by molar-refractivity contribution is 0.0932. The van der Waals surface area contributed by atoms with E-state index in [0.29, 0.717) is 0 Å². The van der Waals surface area contributed by atoms with Crippen LogP contribution in [0.1, 0.15) is 10.5 Å². The normalized spacial score (nSPS) is 10.1. The smallest absolute Gasteiger partial charge is 0.267 e. The number of hydrogen-bond acceptors (Lipinski definition) is 2. The van der Waals surface area contributed by atoms with Gasteiger partial charge in [-0.25, -0.2) is 8.78 Å². The molecule has 92 valence electrons. The molecule has 17 heavy (non-hydrogen) atoms. The first-order valence-corrected chi connectivity index (χ1v) is 4.87. The summed E-state index contributed by atoms with van der Waals surface area (Å²) in [5.74, 6) is -0.469. The van der Waals surface area contributed by atoms with Crippen LogP contribution in [-0.4, -0.2) is 30.0 Å². The van der Waals surface area contributed by atoms with E-state index < -0.39 is 18.9 Å². The van der Waals surface area contributed by atoms with Crippen LogP contribution in [0.5, 0.6) is 0 Å². The van der Waals surface area contributed by atoms with Crippen LogP contribution in [0.15, 0.2) is 23.4 Å². The first-order chi connectivity index (χ1) is 8.15. The van der Waals surface area contributed by atoms with Crippen molar-refractivity contribution in [3.8, 4) is 0 Å². The standard InChI is InChI=1S/C9H11F2N5O/c10-8(11)6-16-5-1-2-7(16)9(17)13-3-4-14-15-12/h1-2,5,8H,3-4,6H2,(H,13,17). The van der Waals surface area contributed by atoms with Crippen molar-refractivity contribution in [2.75, 3.05) is 13.1 Å². The summed E-state index contributed by atoms with van der Waals surface area (Å²) in [6.45, 7) is -0.230. The van der Waals surface area contributed by atoms with Crippen LogP contribution >= 0.6 is 0 Å². The number of alkyl halides is 2. The van der Waals surface area contributed by atoms with Crippen LogP contribution in [0.2, 0.25) is 0 Å². The summed E-state index contributed by atoms with van der Waals surface area (Å²) in [7, 11) is 0. The number of nitrogens with one attached hydrogen (secondary N) is 1. The fraction of sp³-hybridized carbons (Fsp3) is 0.444. The largest absolute Gasteiger partial charge is 0.351 e. The van der Waals surface area contributed by atoms with Crippen molar-refractivity contribution in [2.45, 2.75) is 13.0 Å². The lowest BCUT2D eigenvalue weighted by Gasteiger charge is -2.08. The van der Waals surface area contributed by atoms with Crippen LogP contribution in [0.25, 0.3) is 10.4 Å². The van der Waals surface area contributed by atoms with Gasteiger partial charge in [-0.05, 0) is 17.7 Å². The number of azide groups is 1. The van der Waals surface area contributed by atoms with Gasteiger partial charge in [0.15, 0.2) is 0 Å². The first-order valence-electron chi connectivity index (χ1n) is 4.87. The molecule has 0 spiro atoms. The number of carbonyl (C=O) groups excluding carboxylic acids is 1. The van der Waals surface area contributed by atoms with Crippen molar-refractivity contribution in [1.29, 1.82) is 0 Å². The molecule has 0 aliphatic carbocycles. The molecule has 1 N–H and O–H groups in total. The van der Waals surface area contributed by atoms with Crippen LogP contribution in [0.4, 0.5) is 8.78 Å². The predicted octanol–water partition coefficient (Wildman–Crippen LogP) is 1.79. The maximum atomic E-state index is 12.2. The number of aromatic nitrogens is 1. The molecule has 0 radical (unpaired) electrons. The van der Waals surface area contributed by atoms with E-state index in [1.165, 1.54) is 22.9 Å². The molecular formula is C9H11F2N5O. The fourth-order valence-corrected chi connectivity index (χ4v) is 1.28. The number of rotatable bonds is 6. The van der Waals surface area contributed by atoms with Gasteiger partial charge in [-0.2, -0.15) is 0 Å². The Balaban J connectivity index is 2.56. The third-order valence-electron chi connectivity index (χ3n) is 1.96. The SMILES string of the molecule is [N-]=[N+]=NCCNC(=O)c1cccn1CC(F)F. The van der Waals surface area contributed by atoms with Gasteiger partial charge < -0.3 is 9.88 Å². The minimum atomic E-state index is -2.52. The molecular weight excluding hydrogens is 232 g/mol. The van der Waals surface area contributed by atoms with E-state index in [2.05, 4.69) is 15.3 Å². The van der Waals surface area contributed by atoms with Gasteiger partial charge in [0.05, 0.1) is 6.54 Å². The van der Waals surface area contributed by atoms with E-state index in [4.69, 9.17) is 5.53 Å². The lowest BCUT2D eigenvalue weighted by Crippen LogP contribution is -2.28. The van der Waals surface area contributed by atoms with E-state index in [9.17, 15) is 13.6 Å². The fourth-order valence-electron chi connectivity index (χ4n) is 1.28. The molecule has 0 unspecified atom stereocenters. The summed E-state index contributed by atoms with van der Waals surface area (Å²) >= 11 is 0. The summed E-state index contributed by atoms with van der Waals surface area (Å²) in [5, 5.41) is 5.70. The molecule has 0 aliphatic rings. The molecule has 0 aromatic carbocycles. The van der Waals surface area contributed by atoms with Crippen LogP contribution in [0.3, 0.4) is 0 Å². The van der Waals surface area contributed by atoms with E-state index >= 15 is 0 Å². The number of carbonyl (C=O) groups is 1. The Labute approximate surface area is 95.9 Å². The van der Waals surface area contributed by atoms with E-state index in [1.807, 2.05) is 0 Å². The van der Waals surface area contributed by atoms with Crippen molar-refractivity contribution in [2.24, 2.45) is 5.11 Å². The summed E-state index contributed by atoms with van der Waals surface area (Å²) in [4.78, 5) is 14.1. The second-order valence-corrected chi connectivity index (χ2v) is 3.15. The minimum absolute atomic E-state index is 0.123. The Kier molecular flexibility index (Phi) is 4.96. The molecule has 0 fully saturated rings. The van der Waals surface area contributed by atoms with Crippen molar-refractivity contribution in [3.63, 3.8) is 0 Å². The first kappa shape index (κ1) is 13.0. The average molecular weight is 243 g/mol. The second-order valence-electron chi connectivity index (χ2n) is 3.15. The van der Waals surface area contributed by atoms with E-state index in [-0.39, 0.29) is 18.8 Å². The third-order valence-corrected chi connectivity index (χ3v) is 1.96. The van der Waals surface area contributed by atoms with Gasteiger partial charge in [0, 0.05) is 24.2 Å². The molecule has 1 aromatic heterocycles. The molecule has 0 saturated carbocycles. The van der Waals surface area contributed by atoms with Crippen molar-refractivity contribution < 1.29 is 13.6 Å². The predicted molar refractivity (Wildman–Crippen MR) is 56.8 cm³/mol. The van der Waals surface area contributed by atoms with Crippen LogP contribution in [0, 0.1) is 0 Å². The molecule has 1 amide bonds. The van der Waals surface area contributed by atoms with Crippen molar-refractivity contribution >= 4 is 5.91 Å². The monoisotopic (exact) mass is 243 g/mol. The van der Waals surface area contributed by atoms with E-state index in [1.54, 1.807) is 0 Å². The highest BCUT2D eigenvalue weighted by Gasteiger charge is 2.12. The van der Waals surface area contributed by atoms with Crippen molar-refractivity contribution in [1.82, 2.24) is 9.88 Å². The summed E-state index contributed by atoms with van der Waals surface area (Å²) in [5.41, 5.74) is 8.18. The zero-order valence-corrected chi connectivity index (χ0v) is 8.88. The number of amides is 1. The Hall–Kier alpha value is -2.08. The Morgan fingerprint density at radius 3 is 3.06 bits per heavy atom. The van der Waals surface area contributed by atoms with Gasteiger partial charge in [-0.15, -0.1) is 0 Å². The number of nitrogens with zero attached hydrogens (tertiary/aromatic N) is 4. The molecule has 1 rings (SSSR count). The molecule has 6 nitrogen and oxygen atoms in total. The van der Waals surface area contributed by atoms with Gasteiger partial charge in [-0.1, -0.05) is 5.11 Å². The number of halogens is 2. The molecule has 8 heteroatoms. The zero-order chi connectivity index (χ0) is 12.7. The third kappa shape index (κ3) is 4.12. The molecule has 1 heterocycles.